The minimum atomic E-state index is -0.418. The summed E-state index contributed by atoms with van der Waals surface area (Å²) in [6.45, 7) is 1.97. The van der Waals surface area contributed by atoms with E-state index < -0.39 is 11.7 Å². The van der Waals surface area contributed by atoms with E-state index in [0.717, 1.165) is 5.56 Å². The van der Waals surface area contributed by atoms with Gasteiger partial charge < -0.3 is 11.1 Å². The molecule has 152 valence electrons. The lowest BCUT2D eigenvalue weighted by molar-refractivity contribution is 0.102. The molecule has 0 aliphatic rings. The van der Waals surface area contributed by atoms with Crippen LogP contribution in [0.2, 0.25) is 0 Å². The number of nitrogens with two attached hydrogens (primary N) is 1. The number of nitrogens with zero attached hydrogens (tertiary/aromatic N) is 3. The van der Waals surface area contributed by atoms with Crippen molar-refractivity contribution >= 4 is 39.6 Å². The summed E-state index contributed by atoms with van der Waals surface area (Å²) in [6.07, 6.45) is 0. The first-order chi connectivity index (χ1) is 15.0. The van der Waals surface area contributed by atoms with Gasteiger partial charge in [-0.1, -0.05) is 35.9 Å². The molecule has 5 aromatic rings. The van der Waals surface area contributed by atoms with Crippen molar-refractivity contribution < 1.29 is 9.18 Å². The lowest BCUT2D eigenvalue weighted by Crippen LogP contribution is -2.14. The summed E-state index contributed by atoms with van der Waals surface area (Å²) in [5.74, 6) is -0.690. The molecular weight excluding hydrogens is 393 g/mol. The average molecular weight is 411 g/mol. The van der Waals surface area contributed by atoms with E-state index in [1.54, 1.807) is 16.7 Å². The number of nitrogens with one attached hydrogen (secondary N) is 1. The van der Waals surface area contributed by atoms with Crippen LogP contribution in [-0.4, -0.2) is 20.4 Å². The molecule has 0 radical (unpaired) electrons. The van der Waals surface area contributed by atoms with E-state index in [4.69, 9.17) is 5.73 Å². The Morgan fingerprint density at radius 2 is 1.68 bits per heavy atom. The smallest absolute Gasteiger partial charge is 0.261 e. The van der Waals surface area contributed by atoms with E-state index >= 15 is 0 Å². The van der Waals surface area contributed by atoms with Gasteiger partial charge in [0.15, 0.2) is 5.65 Å². The van der Waals surface area contributed by atoms with Crippen LogP contribution < -0.4 is 11.1 Å². The Bertz CT molecular complexity index is 1460. The van der Waals surface area contributed by atoms with Crippen LogP contribution in [0.15, 0.2) is 72.8 Å². The number of amides is 1. The zero-order valence-corrected chi connectivity index (χ0v) is 16.6. The molecule has 1 amide bonds. The summed E-state index contributed by atoms with van der Waals surface area (Å²) in [6, 6.07) is 20.8. The van der Waals surface area contributed by atoms with Crippen molar-refractivity contribution in [3.8, 4) is 5.69 Å². The second-order valence-corrected chi connectivity index (χ2v) is 7.28. The number of halogens is 1. The largest absolute Gasteiger partial charge is 0.384 e. The fraction of sp³-hybridized carbons (Fsp3) is 0.0417. The number of anilines is 2. The van der Waals surface area contributed by atoms with Gasteiger partial charge in [0.2, 0.25) is 0 Å². The van der Waals surface area contributed by atoms with Crippen molar-refractivity contribution in [3.05, 3.63) is 89.7 Å². The van der Waals surface area contributed by atoms with Crippen LogP contribution in [0.25, 0.3) is 27.9 Å². The molecular formula is C24H18FN5O. The highest BCUT2D eigenvalue weighted by Gasteiger charge is 2.25. The number of aryl methyl sites for hydroxylation is 1. The van der Waals surface area contributed by atoms with E-state index in [1.165, 1.54) is 12.1 Å². The number of nitrogen functional groups attached to an aromatic ring is 1. The van der Waals surface area contributed by atoms with Gasteiger partial charge in [-0.05, 0) is 49.4 Å². The number of fused-ring (bicyclic) bond motifs is 2. The predicted octanol–water partition coefficient (Wildman–Crippen LogP) is 4.86. The van der Waals surface area contributed by atoms with Crippen molar-refractivity contribution in [1.82, 2.24) is 14.5 Å². The number of hydrogen-bond acceptors (Lipinski definition) is 4. The molecule has 31 heavy (non-hydrogen) atoms. The Morgan fingerprint density at radius 1 is 0.968 bits per heavy atom. The van der Waals surface area contributed by atoms with Crippen molar-refractivity contribution in [1.29, 1.82) is 0 Å². The number of para-hydroxylation sites is 2. The van der Waals surface area contributed by atoms with E-state index in [2.05, 4.69) is 15.3 Å². The molecule has 2 aromatic heterocycles. The molecule has 0 saturated carbocycles. The van der Waals surface area contributed by atoms with Crippen LogP contribution in [0.5, 0.6) is 0 Å². The Hall–Kier alpha value is -4.26. The van der Waals surface area contributed by atoms with Crippen LogP contribution in [0, 0.1) is 12.7 Å². The topological polar surface area (TPSA) is 85.8 Å². The van der Waals surface area contributed by atoms with Crippen molar-refractivity contribution in [2.75, 3.05) is 11.1 Å². The van der Waals surface area contributed by atoms with Crippen LogP contribution in [-0.2, 0) is 0 Å². The summed E-state index contributed by atoms with van der Waals surface area (Å²) in [4.78, 5) is 22.6. The van der Waals surface area contributed by atoms with E-state index in [1.807, 2.05) is 55.5 Å². The molecule has 5 rings (SSSR count). The molecule has 0 aliphatic carbocycles. The van der Waals surface area contributed by atoms with Crippen LogP contribution >= 0.6 is 0 Å². The number of benzene rings is 3. The van der Waals surface area contributed by atoms with Gasteiger partial charge in [-0.25, -0.2) is 14.4 Å². The van der Waals surface area contributed by atoms with Crippen molar-refractivity contribution in [2.45, 2.75) is 6.92 Å². The maximum Gasteiger partial charge on any atom is 0.261 e. The SMILES string of the molecule is Cc1ccc(NC(=O)c2c(N)n(-c3cccc(F)c3)c3nc4ccccc4nc23)cc1. The highest BCUT2D eigenvalue weighted by Crippen LogP contribution is 2.31. The third-order valence-electron chi connectivity index (χ3n) is 5.10. The first kappa shape index (κ1) is 18.7. The molecule has 0 spiro atoms. The molecule has 0 saturated heterocycles. The van der Waals surface area contributed by atoms with Gasteiger partial charge in [-0.2, -0.15) is 0 Å². The molecule has 7 heteroatoms. The first-order valence-electron chi connectivity index (χ1n) is 9.72. The fourth-order valence-corrected chi connectivity index (χ4v) is 3.59. The van der Waals surface area contributed by atoms with Gasteiger partial charge >= 0.3 is 0 Å². The summed E-state index contributed by atoms with van der Waals surface area (Å²) >= 11 is 0. The summed E-state index contributed by atoms with van der Waals surface area (Å²) < 4.78 is 15.5. The number of hydrogen-bond donors (Lipinski definition) is 2. The molecule has 0 aliphatic heterocycles. The Kier molecular flexibility index (Phi) is 4.36. The van der Waals surface area contributed by atoms with Crippen LogP contribution in [0.3, 0.4) is 0 Å². The van der Waals surface area contributed by atoms with E-state index in [-0.39, 0.29) is 11.4 Å². The molecule has 3 aromatic carbocycles. The lowest BCUT2D eigenvalue weighted by Gasteiger charge is -2.08. The van der Waals surface area contributed by atoms with E-state index in [0.29, 0.717) is 33.6 Å². The van der Waals surface area contributed by atoms with Gasteiger partial charge in [-0.3, -0.25) is 9.36 Å². The molecule has 6 nitrogen and oxygen atoms in total. The number of rotatable bonds is 3. The summed E-state index contributed by atoms with van der Waals surface area (Å²) in [7, 11) is 0. The summed E-state index contributed by atoms with van der Waals surface area (Å²) in [5.41, 5.74) is 10.8. The molecule has 3 N–H and O–H groups in total. The Balaban J connectivity index is 1.75. The maximum atomic E-state index is 14.0. The van der Waals surface area contributed by atoms with Gasteiger partial charge in [0.25, 0.3) is 5.91 Å². The lowest BCUT2D eigenvalue weighted by atomic mass is 10.2. The predicted molar refractivity (Wildman–Crippen MR) is 120 cm³/mol. The highest BCUT2D eigenvalue weighted by molar-refractivity contribution is 6.16. The quantitative estimate of drug-likeness (QED) is 0.444. The maximum absolute atomic E-state index is 14.0. The highest BCUT2D eigenvalue weighted by atomic mass is 19.1. The second kappa shape index (κ2) is 7.21. The first-order valence-corrected chi connectivity index (χ1v) is 9.72. The van der Waals surface area contributed by atoms with Gasteiger partial charge in [0.1, 0.15) is 22.7 Å². The number of carbonyl (C=O) groups is 1. The Morgan fingerprint density at radius 3 is 2.39 bits per heavy atom. The zero-order chi connectivity index (χ0) is 21.5. The van der Waals surface area contributed by atoms with Gasteiger partial charge in [0, 0.05) is 5.69 Å². The van der Waals surface area contributed by atoms with Crippen LogP contribution in [0.4, 0.5) is 15.9 Å². The molecule has 0 bridgehead atoms. The molecule has 0 unspecified atom stereocenters. The van der Waals surface area contributed by atoms with E-state index in [9.17, 15) is 9.18 Å². The van der Waals surface area contributed by atoms with Gasteiger partial charge in [0.05, 0.1) is 16.7 Å². The third-order valence-corrected chi connectivity index (χ3v) is 5.10. The number of carbonyl (C=O) groups excluding carboxylic acids is 1. The summed E-state index contributed by atoms with van der Waals surface area (Å²) in [5, 5.41) is 2.87. The monoisotopic (exact) mass is 411 g/mol. The normalized spacial score (nSPS) is 11.2. The minimum Gasteiger partial charge on any atom is -0.384 e. The van der Waals surface area contributed by atoms with Gasteiger partial charge in [-0.15, -0.1) is 0 Å². The van der Waals surface area contributed by atoms with Crippen LogP contribution in [0.1, 0.15) is 15.9 Å². The zero-order valence-electron chi connectivity index (χ0n) is 16.6. The number of aromatic nitrogens is 3. The Labute approximate surface area is 177 Å². The van der Waals surface area contributed by atoms with Crippen molar-refractivity contribution in [2.24, 2.45) is 0 Å². The molecule has 2 heterocycles. The second-order valence-electron chi connectivity index (χ2n) is 7.28. The third kappa shape index (κ3) is 3.26. The average Bonchev–Trinajstić information content (AvgIpc) is 3.04. The fourth-order valence-electron chi connectivity index (χ4n) is 3.59. The van der Waals surface area contributed by atoms with Crippen molar-refractivity contribution in [3.63, 3.8) is 0 Å². The molecule has 0 atom stereocenters. The standard InChI is InChI=1S/C24H18FN5O/c1-14-9-11-16(12-10-14)27-24(31)20-21-23(29-19-8-3-2-7-18(19)28-21)30(22(20)26)17-6-4-5-15(25)13-17/h2-13H,26H2,1H3,(H,27,31). The minimum absolute atomic E-state index is 0.139. The molecule has 0 fully saturated rings.